The molecule has 2 fully saturated rings. The van der Waals surface area contributed by atoms with Gasteiger partial charge in [0.2, 0.25) is 5.91 Å². The summed E-state index contributed by atoms with van der Waals surface area (Å²) in [5.74, 6) is 0.895. The fourth-order valence-corrected chi connectivity index (χ4v) is 2.62. The summed E-state index contributed by atoms with van der Waals surface area (Å²) in [6.45, 7) is 1.89. The smallest absolute Gasteiger partial charge is 0.305 e. The van der Waals surface area contributed by atoms with Gasteiger partial charge in [0.1, 0.15) is 0 Å². The summed E-state index contributed by atoms with van der Waals surface area (Å²) < 4.78 is 0. The standard InChI is InChI=1S/C15H24N2O3/c1-9(17-15(20)13(16)8-14(18)19)2-7-12(10-3-4-10)11-5-6-11/h2,7,9-13H,3-6,8,16H2,1H3,(H,17,20)(H,18,19)/t9?,13-/m0/s1. The van der Waals surface area contributed by atoms with Gasteiger partial charge in [-0.25, -0.2) is 0 Å². The number of nitrogens with one attached hydrogen (secondary N) is 1. The Morgan fingerprint density at radius 1 is 1.25 bits per heavy atom. The minimum Gasteiger partial charge on any atom is -0.481 e. The van der Waals surface area contributed by atoms with E-state index in [4.69, 9.17) is 10.8 Å². The molecule has 2 aliphatic carbocycles. The van der Waals surface area contributed by atoms with Gasteiger partial charge in [0.05, 0.1) is 12.5 Å². The lowest BCUT2D eigenvalue weighted by atomic mass is 9.97. The lowest BCUT2D eigenvalue weighted by Gasteiger charge is -2.15. The number of carboxylic acids is 1. The summed E-state index contributed by atoms with van der Waals surface area (Å²) in [6.07, 6.45) is 9.24. The molecule has 0 spiro atoms. The van der Waals surface area contributed by atoms with Crippen LogP contribution in [0.1, 0.15) is 39.0 Å². The Hall–Kier alpha value is -1.36. The monoisotopic (exact) mass is 280 g/mol. The van der Waals surface area contributed by atoms with Crippen molar-refractivity contribution < 1.29 is 14.7 Å². The van der Waals surface area contributed by atoms with Crippen molar-refractivity contribution >= 4 is 11.9 Å². The van der Waals surface area contributed by atoms with E-state index in [1.165, 1.54) is 25.7 Å². The fraction of sp³-hybridized carbons (Fsp3) is 0.733. The van der Waals surface area contributed by atoms with Crippen LogP contribution in [0.5, 0.6) is 0 Å². The zero-order chi connectivity index (χ0) is 14.7. The zero-order valence-corrected chi connectivity index (χ0v) is 11.9. The second kappa shape index (κ2) is 6.39. The van der Waals surface area contributed by atoms with Crippen molar-refractivity contribution in [3.63, 3.8) is 0 Å². The molecule has 0 bridgehead atoms. The molecule has 0 aromatic carbocycles. The molecule has 0 aromatic rings. The molecule has 112 valence electrons. The van der Waals surface area contributed by atoms with E-state index in [0.29, 0.717) is 5.92 Å². The van der Waals surface area contributed by atoms with Crippen molar-refractivity contribution in [2.75, 3.05) is 0 Å². The molecule has 2 saturated carbocycles. The lowest BCUT2D eigenvalue weighted by molar-refractivity contribution is -0.139. The summed E-state index contributed by atoms with van der Waals surface area (Å²) >= 11 is 0. The van der Waals surface area contributed by atoms with Crippen LogP contribution in [0.2, 0.25) is 0 Å². The molecule has 0 radical (unpaired) electrons. The summed E-state index contributed by atoms with van der Waals surface area (Å²) in [5.41, 5.74) is 5.52. The number of hydrogen-bond donors (Lipinski definition) is 3. The highest BCUT2D eigenvalue weighted by Crippen LogP contribution is 2.49. The fourth-order valence-electron chi connectivity index (χ4n) is 2.62. The van der Waals surface area contributed by atoms with Gasteiger partial charge in [0.25, 0.3) is 0 Å². The van der Waals surface area contributed by atoms with Crippen molar-refractivity contribution in [1.29, 1.82) is 0 Å². The van der Waals surface area contributed by atoms with Gasteiger partial charge >= 0.3 is 5.97 Å². The van der Waals surface area contributed by atoms with E-state index in [9.17, 15) is 9.59 Å². The first-order chi connectivity index (χ1) is 9.47. The highest BCUT2D eigenvalue weighted by atomic mass is 16.4. The number of rotatable bonds is 8. The Kier molecular flexibility index (Phi) is 4.81. The Labute approximate surface area is 119 Å². The Morgan fingerprint density at radius 2 is 1.80 bits per heavy atom. The van der Waals surface area contributed by atoms with Crippen molar-refractivity contribution in [1.82, 2.24) is 5.32 Å². The van der Waals surface area contributed by atoms with Crippen LogP contribution >= 0.6 is 0 Å². The van der Waals surface area contributed by atoms with Crippen LogP contribution in [-0.2, 0) is 9.59 Å². The van der Waals surface area contributed by atoms with Gasteiger partial charge < -0.3 is 16.2 Å². The summed E-state index contributed by atoms with van der Waals surface area (Å²) in [5, 5.41) is 11.4. The third kappa shape index (κ3) is 4.63. The largest absolute Gasteiger partial charge is 0.481 e. The number of allylic oxidation sites excluding steroid dienone is 1. The average Bonchev–Trinajstić information content (AvgIpc) is 3.22. The van der Waals surface area contributed by atoms with Crippen LogP contribution in [0.4, 0.5) is 0 Å². The Morgan fingerprint density at radius 3 is 2.25 bits per heavy atom. The Bertz CT molecular complexity index is 388. The molecule has 2 rings (SSSR count). The molecule has 0 aromatic heterocycles. The molecular weight excluding hydrogens is 256 g/mol. The maximum Gasteiger partial charge on any atom is 0.305 e. The predicted molar refractivity (Wildman–Crippen MR) is 75.9 cm³/mol. The van der Waals surface area contributed by atoms with E-state index in [1.54, 1.807) is 0 Å². The van der Waals surface area contributed by atoms with E-state index in [1.807, 2.05) is 13.0 Å². The predicted octanol–water partition coefficient (Wildman–Crippen LogP) is 1.29. The number of hydrogen-bond acceptors (Lipinski definition) is 3. The zero-order valence-electron chi connectivity index (χ0n) is 11.9. The average molecular weight is 280 g/mol. The molecule has 4 N–H and O–H groups in total. The van der Waals surface area contributed by atoms with Gasteiger partial charge in [-0.1, -0.05) is 12.2 Å². The molecule has 0 aliphatic heterocycles. The number of aliphatic carboxylic acids is 1. The first-order valence-corrected chi connectivity index (χ1v) is 7.43. The van der Waals surface area contributed by atoms with Crippen molar-refractivity contribution in [2.24, 2.45) is 23.5 Å². The van der Waals surface area contributed by atoms with Crippen LogP contribution in [0.25, 0.3) is 0 Å². The van der Waals surface area contributed by atoms with Gasteiger partial charge in [0.15, 0.2) is 0 Å². The minimum absolute atomic E-state index is 0.109. The van der Waals surface area contributed by atoms with Gasteiger partial charge in [0, 0.05) is 6.04 Å². The molecular formula is C15H24N2O3. The highest BCUT2D eigenvalue weighted by molar-refractivity contribution is 5.86. The van der Waals surface area contributed by atoms with Crippen molar-refractivity contribution in [2.45, 2.75) is 51.1 Å². The third-order valence-corrected chi connectivity index (χ3v) is 4.06. The SMILES string of the molecule is CC(C=CC(C1CC1)C1CC1)NC(=O)[C@@H](N)CC(=O)O. The van der Waals surface area contributed by atoms with E-state index in [2.05, 4.69) is 11.4 Å². The van der Waals surface area contributed by atoms with Gasteiger partial charge in [-0.2, -0.15) is 0 Å². The number of carboxylic acid groups (broad SMARTS) is 1. The number of carbonyl (C=O) groups is 2. The lowest BCUT2D eigenvalue weighted by Crippen LogP contribution is -2.44. The van der Waals surface area contributed by atoms with E-state index in [-0.39, 0.29) is 12.5 Å². The second-order valence-corrected chi connectivity index (χ2v) is 6.14. The number of carbonyl (C=O) groups excluding carboxylic acids is 1. The van der Waals surface area contributed by atoms with E-state index in [0.717, 1.165) is 11.8 Å². The molecule has 1 amide bonds. The van der Waals surface area contributed by atoms with Gasteiger partial charge in [-0.05, 0) is 50.4 Å². The topological polar surface area (TPSA) is 92.4 Å². The third-order valence-electron chi connectivity index (χ3n) is 4.06. The molecule has 1 unspecified atom stereocenters. The van der Waals surface area contributed by atoms with Crippen LogP contribution < -0.4 is 11.1 Å². The van der Waals surface area contributed by atoms with Crippen molar-refractivity contribution in [3.8, 4) is 0 Å². The molecule has 2 aliphatic rings. The minimum atomic E-state index is -1.06. The molecule has 5 heteroatoms. The van der Waals surface area contributed by atoms with E-state index < -0.39 is 17.9 Å². The normalized spacial score (nSPS) is 21.9. The molecule has 2 atom stereocenters. The van der Waals surface area contributed by atoms with Crippen LogP contribution in [-0.4, -0.2) is 29.1 Å². The van der Waals surface area contributed by atoms with Gasteiger partial charge in [-0.3, -0.25) is 9.59 Å². The molecule has 0 saturated heterocycles. The highest BCUT2D eigenvalue weighted by Gasteiger charge is 2.39. The number of amides is 1. The summed E-state index contributed by atoms with van der Waals surface area (Å²) in [6, 6.07) is -1.09. The maximum absolute atomic E-state index is 11.7. The van der Waals surface area contributed by atoms with Crippen LogP contribution in [0.3, 0.4) is 0 Å². The first kappa shape index (κ1) is 15.0. The quantitative estimate of drug-likeness (QED) is 0.584. The summed E-state index contributed by atoms with van der Waals surface area (Å²) in [4.78, 5) is 22.2. The van der Waals surface area contributed by atoms with Crippen LogP contribution in [0.15, 0.2) is 12.2 Å². The number of nitrogens with two attached hydrogens (primary N) is 1. The van der Waals surface area contributed by atoms with Crippen LogP contribution in [0, 0.1) is 17.8 Å². The second-order valence-electron chi connectivity index (χ2n) is 6.14. The molecule has 20 heavy (non-hydrogen) atoms. The maximum atomic E-state index is 11.7. The van der Waals surface area contributed by atoms with Crippen molar-refractivity contribution in [3.05, 3.63) is 12.2 Å². The first-order valence-electron chi connectivity index (χ1n) is 7.43. The summed E-state index contributed by atoms with van der Waals surface area (Å²) in [7, 11) is 0. The van der Waals surface area contributed by atoms with E-state index >= 15 is 0 Å². The Balaban J connectivity index is 1.77. The molecule has 0 heterocycles. The molecule has 5 nitrogen and oxygen atoms in total. The van der Waals surface area contributed by atoms with Gasteiger partial charge in [-0.15, -0.1) is 0 Å².